The van der Waals surface area contributed by atoms with Crippen LogP contribution in [0.2, 0.25) is 0 Å². The zero-order valence-corrected chi connectivity index (χ0v) is 17.6. The zero-order chi connectivity index (χ0) is 20.7. The number of nitrogens with zero attached hydrogens (tertiary/aromatic N) is 1. The van der Waals surface area contributed by atoms with Crippen molar-refractivity contribution in [2.24, 2.45) is 11.8 Å². The van der Waals surface area contributed by atoms with Crippen LogP contribution in [-0.2, 0) is 9.59 Å². The number of carbonyl (C=O) groups is 2. The molecule has 7 heteroatoms. The molecule has 1 saturated heterocycles. The van der Waals surface area contributed by atoms with Crippen molar-refractivity contribution < 1.29 is 19.1 Å². The molecule has 0 saturated carbocycles. The highest BCUT2D eigenvalue weighted by Crippen LogP contribution is 2.30. The Morgan fingerprint density at radius 3 is 2.50 bits per heavy atom. The van der Waals surface area contributed by atoms with Crippen molar-refractivity contribution in [2.45, 2.75) is 39.7 Å². The highest BCUT2D eigenvalue weighted by Gasteiger charge is 2.28. The van der Waals surface area contributed by atoms with E-state index in [0.29, 0.717) is 29.6 Å². The summed E-state index contributed by atoms with van der Waals surface area (Å²) in [6.45, 7) is 8.06. The van der Waals surface area contributed by atoms with E-state index in [9.17, 15) is 9.59 Å². The minimum absolute atomic E-state index is 0.00844. The first-order valence-electron chi connectivity index (χ1n) is 9.90. The van der Waals surface area contributed by atoms with Gasteiger partial charge in [0.25, 0.3) is 0 Å². The molecule has 1 aliphatic rings. The number of piperidine rings is 1. The summed E-state index contributed by atoms with van der Waals surface area (Å²) in [6.07, 6.45) is 2.09. The molecular weight excluding hydrogens is 358 g/mol. The molecule has 0 spiro atoms. The van der Waals surface area contributed by atoms with E-state index in [4.69, 9.17) is 9.47 Å². The summed E-state index contributed by atoms with van der Waals surface area (Å²) in [5.41, 5.74) is 0.673. The molecule has 0 bridgehead atoms. The maximum atomic E-state index is 12.7. The second kappa shape index (κ2) is 10.3. The van der Waals surface area contributed by atoms with Crippen LogP contribution in [0.4, 0.5) is 5.69 Å². The predicted octanol–water partition coefficient (Wildman–Crippen LogP) is 2.52. The van der Waals surface area contributed by atoms with Gasteiger partial charge in [0.05, 0.1) is 20.3 Å². The minimum atomic E-state index is -0.253. The Kier molecular flexibility index (Phi) is 8.11. The van der Waals surface area contributed by atoms with E-state index in [0.717, 1.165) is 25.9 Å². The summed E-state index contributed by atoms with van der Waals surface area (Å²) in [7, 11) is 3.15. The van der Waals surface area contributed by atoms with Gasteiger partial charge in [0.1, 0.15) is 0 Å². The van der Waals surface area contributed by atoms with Crippen molar-refractivity contribution in [3.8, 4) is 11.5 Å². The third kappa shape index (κ3) is 5.86. The second-order valence-corrected chi connectivity index (χ2v) is 7.64. The van der Waals surface area contributed by atoms with Crippen molar-refractivity contribution in [2.75, 3.05) is 39.2 Å². The smallest absolute Gasteiger partial charge is 0.241 e. The lowest BCUT2D eigenvalue weighted by atomic mass is 9.96. The second-order valence-electron chi connectivity index (χ2n) is 7.64. The summed E-state index contributed by atoms with van der Waals surface area (Å²) in [4.78, 5) is 26.7. The molecule has 2 amide bonds. The Hall–Kier alpha value is -2.28. The van der Waals surface area contributed by atoms with Gasteiger partial charge in [0.15, 0.2) is 11.5 Å². The lowest BCUT2D eigenvalue weighted by Crippen LogP contribution is -2.49. The van der Waals surface area contributed by atoms with E-state index in [1.165, 1.54) is 0 Å². The van der Waals surface area contributed by atoms with Crippen LogP contribution in [-0.4, -0.2) is 56.6 Å². The van der Waals surface area contributed by atoms with Crippen LogP contribution in [0.25, 0.3) is 0 Å². The quantitative estimate of drug-likeness (QED) is 0.712. The Balaban J connectivity index is 1.92. The zero-order valence-electron chi connectivity index (χ0n) is 17.6. The first-order chi connectivity index (χ1) is 13.3. The van der Waals surface area contributed by atoms with E-state index in [1.807, 2.05) is 20.8 Å². The number of carbonyl (C=O) groups excluding carboxylic acids is 2. The third-order valence-electron chi connectivity index (χ3n) is 5.22. The van der Waals surface area contributed by atoms with Crippen molar-refractivity contribution in [1.29, 1.82) is 0 Å². The fourth-order valence-corrected chi connectivity index (χ4v) is 3.39. The Labute approximate surface area is 167 Å². The lowest BCUT2D eigenvalue weighted by molar-refractivity contribution is -0.125. The van der Waals surface area contributed by atoms with Crippen LogP contribution in [0.1, 0.15) is 33.6 Å². The van der Waals surface area contributed by atoms with Gasteiger partial charge in [-0.1, -0.05) is 13.8 Å². The number of ether oxygens (including phenoxy) is 2. The van der Waals surface area contributed by atoms with E-state index in [2.05, 4.69) is 15.5 Å². The number of amides is 2. The van der Waals surface area contributed by atoms with Crippen LogP contribution < -0.4 is 20.1 Å². The molecule has 28 heavy (non-hydrogen) atoms. The van der Waals surface area contributed by atoms with E-state index in [1.54, 1.807) is 32.4 Å². The van der Waals surface area contributed by atoms with Crippen molar-refractivity contribution in [3.05, 3.63) is 18.2 Å². The van der Waals surface area contributed by atoms with Crippen LogP contribution in [0, 0.1) is 11.8 Å². The summed E-state index contributed by atoms with van der Waals surface area (Å²) in [6, 6.07) is 5.07. The Morgan fingerprint density at radius 1 is 1.14 bits per heavy atom. The third-order valence-corrected chi connectivity index (χ3v) is 5.22. The standard InChI is InChI=1S/C21H33N3O4/c1-14(2)20(25)22-12-16-7-6-10-24(13-16)15(3)21(26)23-17-8-9-18(27-4)19(11-17)28-5/h8-9,11,14-16H,6-7,10,12-13H2,1-5H3,(H,22,25)(H,23,26). The van der Waals surface area contributed by atoms with Gasteiger partial charge in [-0.15, -0.1) is 0 Å². The summed E-state index contributed by atoms with van der Waals surface area (Å²) in [5, 5.41) is 5.97. The average molecular weight is 392 g/mol. The molecule has 0 aliphatic carbocycles. The molecule has 2 N–H and O–H groups in total. The largest absolute Gasteiger partial charge is 0.493 e. The monoisotopic (exact) mass is 391 g/mol. The molecule has 1 aromatic carbocycles. The van der Waals surface area contributed by atoms with Gasteiger partial charge < -0.3 is 20.1 Å². The van der Waals surface area contributed by atoms with Crippen molar-refractivity contribution >= 4 is 17.5 Å². The number of benzene rings is 1. The highest BCUT2D eigenvalue weighted by atomic mass is 16.5. The Morgan fingerprint density at radius 2 is 1.86 bits per heavy atom. The predicted molar refractivity (Wildman–Crippen MR) is 110 cm³/mol. The van der Waals surface area contributed by atoms with E-state index < -0.39 is 0 Å². The number of nitrogens with one attached hydrogen (secondary N) is 2. The van der Waals surface area contributed by atoms with E-state index >= 15 is 0 Å². The fourth-order valence-electron chi connectivity index (χ4n) is 3.39. The van der Waals surface area contributed by atoms with Gasteiger partial charge in [-0.05, 0) is 44.4 Å². The van der Waals surface area contributed by atoms with Crippen LogP contribution in [0.3, 0.4) is 0 Å². The molecule has 1 aromatic rings. The Bertz CT molecular complexity index is 678. The normalized spacial score (nSPS) is 18.4. The van der Waals surface area contributed by atoms with Gasteiger partial charge in [-0.3, -0.25) is 14.5 Å². The molecule has 7 nitrogen and oxygen atoms in total. The van der Waals surface area contributed by atoms with Crippen LogP contribution in [0.5, 0.6) is 11.5 Å². The number of hydrogen-bond acceptors (Lipinski definition) is 5. The number of likely N-dealkylation sites (tertiary alicyclic amines) is 1. The lowest BCUT2D eigenvalue weighted by Gasteiger charge is -2.36. The van der Waals surface area contributed by atoms with Gasteiger partial charge in [0.2, 0.25) is 11.8 Å². The van der Waals surface area contributed by atoms with Gasteiger partial charge in [-0.25, -0.2) is 0 Å². The topological polar surface area (TPSA) is 79.9 Å². The summed E-state index contributed by atoms with van der Waals surface area (Å²) < 4.78 is 10.5. The molecule has 2 unspecified atom stereocenters. The molecule has 0 radical (unpaired) electrons. The molecule has 156 valence electrons. The van der Waals surface area contributed by atoms with Gasteiger partial charge >= 0.3 is 0 Å². The number of anilines is 1. The number of hydrogen-bond donors (Lipinski definition) is 2. The van der Waals surface area contributed by atoms with Crippen molar-refractivity contribution in [3.63, 3.8) is 0 Å². The first kappa shape index (κ1) is 22.0. The van der Waals surface area contributed by atoms with Crippen molar-refractivity contribution in [1.82, 2.24) is 10.2 Å². The minimum Gasteiger partial charge on any atom is -0.493 e. The molecule has 2 atom stereocenters. The van der Waals surface area contributed by atoms with E-state index in [-0.39, 0.29) is 23.8 Å². The first-order valence-corrected chi connectivity index (χ1v) is 9.90. The molecule has 1 fully saturated rings. The molecule has 1 heterocycles. The summed E-state index contributed by atoms with van der Waals surface area (Å²) in [5.74, 6) is 1.58. The molecule has 2 rings (SSSR count). The molecule has 0 aromatic heterocycles. The van der Waals surface area contributed by atoms with Crippen LogP contribution >= 0.6 is 0 Å². The number of rotatable bonds is 8. The molecule has 1 aliphatic heterocycles. The van der Waals surface area contributed by atoms with Crippen LogP contribution in [0.15, 0.2) is 18.2 Å². The fraction of sp³-hybridized carbons (Fsp3) is 0.619. The maximum Gasteiger partial charge on any atom is 0.241 e. The SMILES string of the molecule is COc1ccc(NC(=O)C(C)N2CCCC(CNC(=O)C(C)C)C2)cc1OC. The van der Waals surface area contributed by atoms with Gasteiger partial charge in [0, 0.05) is 30.8 Å². The highest BCUT2D eigenvalue weighted by molar-refractivity contribution is 5.94. The average Bonchev–Trinajstić information content (AvgIpc) is 2.71. The molecular formula is C21H33N3O4. The maximum absolute atomic E-state index is 12.7. The number of methoxy groups -OCH3 is 2. The summed E-state index contributed by atoms with van der Waals surface area (Å²) >= 11 is 0. The van der Waals surface area contributed by atoms with Gasteiger partial charge in [-0.2, -0.15) is 0 Å².